The van der Waals surface area contributed by atoms with Crippen LogP contribution in [0.4, 0.5) is 4.79 Å². The highest BCUT2D eigenvalue weighted by Gasteiger charge is 2.23. The highest BCUT2D eigenvalue weighted by molar-refractivity contribution is 5.81. The van der Waals surface area contributed by atoms with Crippen molar-refractivity contribution >= 4 is 12.1 Å². The molecule has 0 spiro atoms. The summed E-state index contributed by atoms with van der Waals surface area (Å²) < 4.78 is 15.1. The van der Waals surface area contributed by atoms with Crippen molar-refractivity contribution in [2.24, 2.45) is 0 Å². The van der Waals surface area contributed by atoms with E-state index in [0.29, 0.717) is 19.6 Å². The van der Waals surface area contributed by atoms with Gasteiger partial charge in [-0.15, -0.1) is 0 Å². The molecule has 22 heavy (non-hydrogen) atoms. The van der Waals surface area contributed by atoms with Crippen LogP contribution in [-0.4, -0.2) is 37.9 Å². The number of rotatable bonds is 8. The number of hydrogen-bond acceptors (Lipinski definition) is 5. The zero-order valence-corrected chi connectivity index (χ0v) is 13.2. The molecule has 0 aliphatic rings. The minimum atomic E-state index is -0.786. The van der Waals surface area contributed by atoms with Gasteiger partial charge in [-0.1, -0.05) is 30.3 Å². The lowest BCUT2D eigenvalue weighted by Crippen LogP contribution is -2.43. The van der Waals surface area contributed by atoms with Gasteiger partial charge in [0.15, 0.2) is 0 Å². The lowest BCUT2D eigenvalue weighted by molar-refractivity contribution is -0.150. The summed E-state index contributed by atoms with van der Waals surface area (Å²) >= 11 is 0. The highest BCUT2D eigenvalue weighted by atomic mass is 16.6. The Morgan fingerprint density at radius 1 is 1.18 bits per heavy atom. The maximum Gasteiger partial charge on any atom is 0.407 e. The molecule has 1 atom stereocenters. The van der Waals surface area contributed by atoms with Gasteiger partial charge in [0.2, 0.25) is 0 Å². The predicted molar refractivity (Wildman–Crippen MR) is 81.3 cm³/mol. The molecule has 1 amide bonds. The maximum absolute atomic E-state index is 11.9. The summed E-state index contributed by atoms with van der Waals surface area (Å²) in [6, 6.07) is 8.92. The summed E-state index contributed by atoms with van der Waals surface area (Å²) in [7, 11) is 1.24. The van der Waals surface area contributed by atoms with Gasteiger partial charge < -0.3 is 19.5 Å². The number of methoxy groups -OCH3 is 1. The fraction of sp³-hybridized carbons (Fsp3) is 0.500. The molecule has 6 heteroatoms. The third kappa shape index (κ3) is 7.08. The first-order valence-electron chi connectivity index (χ1n) is 7.19. The van der Waals surface area contributed by atoms with Crippen LogP contribution in [0.1, 0.15) is 25.8 Å². The Morgan fingerprint density at radius 2 is 1.86 bits per heavy atom. The molecular formula is C16H23NO5. The lowest BCUT2D eigenvalue weighted by Gasteiger charge is -2.18. The third-order valence-electron chi connectivity index (χ3n) is 2.78. The van der Waals surface area contributed by atoms with Crippen LogP contribution in [0.2, 0.25) is 0 Å². The van der Waals surface area contributed by atoms with Crippen LogP contribution in [0.15, 0.2) is 30.3 Å². The van der Waals surface area contributed by atoms with Crippen LogP contribution in [0.3, 0.4) is 0 Å². The summed E-state index contributed by atoms with van der Waals surface area (Å²) in [4.78, 5) is 23.2. The minimum Gasteiger partial charge on any atom is -0.461 e. The summed E-state index contributed by atoms with van der Waals surface area (Å²) in [5.74, 6) is -0.497. The van der Waals surface area contributed by atoms with E-state index in [4.69, 9.17) is 9.47 Å². The molecule has 0 saturated heterocycles. The van der Waals surface area contributed by atoms with Crippen molar-refractivity contribution in [1.82, 2.24) is 5.32 Å². The van der Waals surface area contributed by atoms with E-state index < -0.39 is 18.1 Å². The van der Waals surface area contributed by atoms with Crippen molar-refractivity contribution < 1.29 is 23.8 Å². The summed E-state index contributed by atoms with van der Waals surface area (Å²) in [5.41, 5.74) is 1.05. The molecule has 0 heterocycles. The SMILES string of the molecule is COC(=O)N[C@@H](CCOCc1ccccc1)C(=O)OC(C)C. The van der Waals surface area contributed by atoms with Crippen LogP contribution >= 0.6 is 0 Å². The fourth-order valence-corrected chi connectivity index (χ4v) is 1.73. The molecule has 0 bridgehead atoms. The van der Waals surface area contributed by atoms with Crippen LogP contribution < -0.4 is 5.32 Å². The van der Waals surface area contributed by atoms with Crippen LogP contribution in [0, 0.1) is 0 Å². The molecule has 0 unspecified atom stereocenters. The topological polar surface area (TPSA) is 73.9 Å². The monoisotopic (exact) mass is 309 g/mol. The van der Waals surface area contributed by atoms with Crippen molar-refractivity contribution in [3.05, 3.63) is 35.9 Å². The van der Waals surface area contributed by atoms with Gasteiger partial charge in [0.25, 0.3) is 0 Å². The molecule has 1 aromatic rings. The van der Waals surface area contributed by atoms with E-state index >= 15 is 0 Å². The summed E-state index contributed by atoms with van der Waals surface area (Å²) in [6.07, 6.45) is -0.610. The predicted octanol–water partition coefficient (Wildman–Crippen LogP) is 2.27. The van der Waals surface area contributed by atoms with E-state index in [-0.39, 0.29) is 6.10 Å². The van der Waals surface area contributed by atoms with Gasteiger partial charge in [0.05, 0.1) is 19.8 Å². The largest absolute Gasteiger partial charge is 0.461 e. The Hall–Kier alpha value is -2.08. The van der Waals surface area contributed by atoms with Gasteiger partial charge in [0, 0.05) is 13.0 Å². The number of carbonyl (C=O) groups is 2. The molecule has 0 radical (unpaired) electrons. The van der Waals surface area contributed by atoms with Crippen molar-refractivity contribution in [3.63, 3.8) is 0 Å². The second-order valence-electron chi connectivity index (χ2n) is 5.00. The second kappa shape index (κ2) is 9.78. The third-order valence-corrected chi connectivity index (χ3v) is 2.78. The first-order chi connectivity index (χ1) is 10.5. The zero-order valence-electron chi connectivity index (χ0n) is 13.2. The molecule has 0 aliphatic heterocycles. The van der Waals surface area contributed by atoms with Gasteiger partial charge in [-0.25, -0.2) is 9.59 Å². The molecular weight excluding hydrogens is 286 g/mol. The Bertz CT molecular complexity index is 461. The molecule has 0 fully saturated rings. The average molecular weight is 309 g/mol. The van der Waals surface area contributed by atoms with Crippen LogP contribution in [0.25, 0.3) is 0 Å². The zero-order chi connectivity index (χ0) is 16.4. The molecule has 0 saturated carbocycles. The van der Waals surface area contributed by atoms with Crippen molar-refractivity contribution in [1.29, 1.82) is 0 Å². The minimum absolute atomic E-state index is 0.250. The number of esters is 1. The van der Waals surface area contributed by atoms with Crippen LogP contribution in [0.5, 0.6) is 0 Å². The summed E-state index contributed by atoms with van der Waals surface area (Å²) in [6.45, 7) is 4.26. The van der Waals surface area contributed by atoms with E-state index in [2.05, 4.69) is 10.1 Å². The van der Waals surface area contributed by atoms with E-state index in [0.717, 1.165) is 5.56 Å². The second-order valence-corrected chi connectivity index (χ2v) is 5.00. The number of carbonyl (C=O) groups excluding carboxylic acids is 2. The molecule has 0 aliphatic carbocycles. The van der Waals surface area contributed by atoms with E-state index in [1.54, 1.807) is 13.8 Å². The highest BCUT2D eigenvalue weighted by Crippen LogP contribution is 2.04. The van der Waals surface area contributed by atoms with Gasteiger partial charge in [-0.05, 0) is 19.4 Å². The lowest BCUT2D eigenvalue weighted by atomic mass is 10.2. The molecule has 1 rings (SSSR count). The number of ether oxygens (including phenoxy) is 3. The number of nitrogens with one attached hydrogen (secondary N) is 1. The van der Waals surface area contributed by atoms with E-state index in [1.807, 2.05) is 30.3 Å². The molecule has 0 aromatic heterocycles. The van der Waals surface area contributed by atoms with Gasteiger partial charge in [0.1, 0.15) is 6.04 Å². The average Bonchev–Trinajstić information content (AvgIpc) is 2.50. The number of amides is 1. The Balaban J connectivity index is 2.42. The summed E-state index contributed by atoms with van der Waals surface area (Å²) in [5, 5.41) is 2.45. The van der Waals surface area contributed by atoms with Gasteiger partial charge >= 0.3 is 12.1 Å². The Morgan fingerprint density at radius 3 is 2.45 bits per heavy atom. The Kier molecular flexibility index (Phi) is 7.99. The first-order valence-corrected chi connectivity index (χ1v) is 7.19. The quantitative estimate of drug-likeness (QED) is 0.589. The number of alkyl carbamates (subject to hydrolysis) is 1. The van der Waals surface area contributed by atoms with Crippen molar-refractivity contribution in [2.45, 2.75) is 39.0 Å². The molecule has 6 nitrogen and oxygen atoms in total. The Labute approximate surface area is 130 Å². The van der Waals surface area contributed by atoms with E-state index in [9.17, 15) is 9.59 Å². The standard InChI is InChI=1S/C16H23NO5/c1-12(2)22-15(18)14(17-16(19)20-3)9-10-21-11-13-7-5-4-6-8-13/h4-8,12,14H,9-11H2,1-3H3,(H,17,19)/t14-/m0/s1. The molecule has 122 valence electrons. The molecule has 1 aromatic carbocycles. The molecule has 1 N–H and O–H groups in total. The smallest absolute Gasteiger partial charge is 0.407 e. The van der Waals surface area contributed by atoms with E-state index in [1.165, 1.54) is 7.11 Å². The number of hydrogen-bond donors (Lipinski definition) is 1. The van der Waals surface area contributed by atoms with Gasteiger partial charge in [-0.3, -0.25) is 0 Å². The normalized spacial score (nSPS) is 11.8. The maximum atomic E-state index is 11.9. The van der Waals surface area contributed by atoms with Gasteiger partial charge in [-0.2, -0.15) is 0 Å². The first kappa shape index (κ1) is 18.0. The number of benzene rings is 1. The van der Waals surface area contributed by atoms with Crippen molar-refractivity contribution in [2.75, 3.05) is 13.7 Å². The van der Waals surface area contributed by atoms with Crippen LogP contribution in [-0.2, 0) is 25.6 Å². The van der Waals surface area contributed by atoms with Crippen molar-refractivity contribution in [3.8, 4) is 0 Å². The fourth-order valence-electron chi connectivity index (χ4n) is 1.73.